The molecule has 4 aromatic rings. The molecule has 1 saturated heterocycles. The van der Waals surface area contributed by atoms with E-state index in [0.29, 0.717) is 66.8 Å². The molecule has 3 aromatic heterocycles. The maximum Gasteiger partial charge on any atom is 0.269 e. The van der Waals surface area contributed by atoms with E-state index in [1.165, 1.54) is 6.07 Å². The molecule has 1 amide bonds. The molecule has 0 atom stereocenters. The monoisotopic (exact) mass is 478 g/mol. The Labute approximate surface area is 199 Å². The van der Waals surface area contributed by atoms with Crippen LogP contribution in [0.25, 0.3) is 21.8 Å². The van der Waals surface area contributed by atoms with Crippen molar-refractivity contribution in [1.82, 2.24) is 25.2 Å². The second-order valence-corrected chi connectivity index (χ2v) is 8.44. The number of carbonyl (C=O) groups is 1. The number of anilines is 1. The molecule has 1 aliphatic rings. The number of carbonyl (C=O) groups excluding carboxylic acids is 1. The van der Waals surface area contributed by atoms with E-state index in [2.05, 4.69) is 25.2 Å². The molecule has 0 spiro atoms. The number of benzene rings is 1. The molecule has 10 heteroatoms. The Bertz CT molecular complexity index is 1480. The van der Waals surface area contributed by atoms with Gasteiger partial charge in [0.1, 0.15) is 5.69 Å². The number of nitrogens with zero attached hydrogens (tertiary/aromatic N) is 4. The van der Waals surface area contributed by atoms with Crippen molar-refractivity contribution in [3.8, 4) is 0 Å². The standard InChI is InChI=1S/C25H24F2N6O2/c1-2-28-25(35)18-7-8-19(23(27)30-18)33-12-10-32(11-13-33)14-15-5-6-16-21-17(4-3-9-29-21)24(34)31-22(16)20(15)26/h3-9H,2,10-14H2,1H3,(H,28,35)(H,31,34). The first kappa shape index (κ1) is 22.9. The number of aromatic nitrogens is 3. The molecule has 35 heavy (non-hydrogen) atoms. The predicted octanol–water partition coefficient (Wildman–Crippen LogP) is 2.82. The van der Waals surface area contributed by atoms with Gasteiger partial charge in [-0.2, -0.15) is 4.39 Å². The number of H-pyrrole nitrogens is 1. The van der Waals surface area contributed by atoms with Crippen molar-refractivity contribution in [2.75, 3.05) is 37.6 Å². The highest BCUT2D eigenvalue weighted by Gasteiger charge is 2.23. The SMILES string of the molecule is CCNC(=O)c1ccc(N2CCN(Cc3ccc4c([nH]c(=O)c5cccnc54)c3F)CC2)c(F)n1. The molecule has 4 heterocycles. The van der Waals surface area contributed by atoms with E-state index in [0.717, 1.165) is 0 Å². The molecule has 0 radical (unpaired) electrons. The van der Waals surface area contributed by atoms with Crippen molar-refractivity contribution in [3.05, 3.63) is 76.0 Å². The summed E-state index contributed by atoms with van der Waals surface area (Å²) in [5, 5.41) is 3.58. The molecule has 0 saturated carbocycles. The van der Waals surface area contributed by atoms with Crippen LogP contribution >= 0.6 is 0 Å². The minimum atomic E-state index is -0.687. The van der Waals surface area contributed by atoms with Gasteiger partial charge in [-0.3, -0.25) is 19.5 Å². The van der Waals surface area contributed by atoms with Crippen LogP contribution in [0.5, 0.6) is 0 Å². The average molecular weight is 479 g/mol. The third-order valence-electron chi connectivity index (χ3n) is 6.27. The molecule has 1 fully saturated rings. The Hall–Kier alpha value is -3.92. The zero-order valence-corrected chi connectivity index (χ0v) is 19.1. The first-order valence-corrected chi connectivity index (χ1v) is 11.5. The van der Waals surface area contributed by atoms with E-state index in [9.17, 15) is 14.0 Å². The Kier molecular flexibility index (Phi) is 6.12. The van der Waals surface area contributed by atoms with Gasteiger partial charge in [-0.15, -0.1) is 0 Å². The van der Waals surface area contributed by atoms with Crippen LogP contribution in [0.2, 0.25) is 0 Å². The fourth-order valence-electron chi connectivity index (χ4n) is 4.47. The first-order chi connectivity index (χ1) is 17.0. The van der Waals surface area contributed by atoms with Crippen LogP contribution in [-0.2, 0) is 6.54 Å². The molecule has 0 aliphatic carbocycles. The van der Waals surface area contributed by atoms with Crippen LogP contribution in [0.15, 0.2) is 47.4 Å². The van der Waals surface area contributed by atoms with Gasteiger partial charge in [0.05, 0.1) is 22.1 Å². The number of fused-ring (bicyclic) bond motifs is 3. The largest absolute Gasteiger partial charge is 0.365 e. The molecule has 8 nitrogen and oxygen atoms in total. The summed E-state index contributed by atoms with van der Waals surface area (Å²) in [7, 11) is 0. The minimum absolute atomic E-state index is 0.0412. The number of amides is 1. The van der Waals surface area contributed by atoms with Crippen molar-refractivity contribution >= 4 is 33.4 Å². The van der Waals surface area contributed by atoms with Crippen LogP contribution in [0.4, 0.5) is 14.5 Å². The number of nitrogens with one attached hydrogen (secondary N) is 2. The van der Waals surface area contributed by atoms with Crippen LogP contribution < -0.4 is 15.8 Å². The Balaban J connectivity index is 1.30. The summed E-state index contributed by atoms with van der Waals surface area (Å²) in [5.41, 5.74) is 1.10. The second kappa shape index (κ2) is 9.38. The first-order valence-electron chi connectivity index (χ1n) is 11.5. The number of rotatable bonds is 5. The lowest BCUT2D eigenvalue weighted by Gasteiger charge is -2.36. The highest BCUT2D eigenvalue weighted by atomic mass is 19.1. The summed E-state index contributed by atoms with van der Waals surface area (Å²) >= 11 is 0. The number of halogens is 2. The number of pyridine rings is 3. The zero-order chi connectivity index (χ0) is 24.5. The molecular weight excluding hydrogens is 454 g/mol. The molecule has 1 aromatic carbocycles. The van der Waals surface area contributed by atoms with E-state index in [1.54, 1.807) is 43.5 Å². The van der Waals surface area contributed by atoms with Crippen molar-refractivity contribution in [1.29, 1.82) is 0 Å². The van der Waals surface area contributed by atoms with Crippen molar-refractivity contribution in [3.63, 3.8) is 0 Å². The van der Waals surface area contributed by atoms with E-state index in [-0.39, 0.29) is 16.8 Å². The number of hydrogen-bond acceptors (Lipinski definition) is 6. The molecular formula is C25H24F2N6O2. The van der Waals surface area contributed by atoms with Crippen LogP contribution in [0, 0.1) is 11.8 Å². The van der Waals surface area contributed by atoms with Crippen molar-refractivity contribution in [2.24, 2.45) is 0 Å². The van der Waals surface area contributed by atoms with Gasteiger partial charge in [0.2, 0.25) is 5.95 Å². The molecule has 5 rings (SSSR count). The van der Waals surface area contributed by atoms with Crippen LogP contribution in [0.1, 0.15) is 23.0 Å². The Morgan fingerprint density at radius 2 is 1.89 bits per heavy atom. The van der Waals surface area contributed by atoms with E-state index < -0.39 is 17.7 Å². The zero-order valence-electron chi connectivity index (χ0n) is 19.1. The van der Waals surface area contributed by atoms with Crippen LogP contribution in [-0.4, -0.2) is 58.5 Å². The lowest BCUT2D eigenvalue weighted by Crippen LogP contribution is -2.46. The Morgan fingerprint density at radius 1 is 1.09 bits per heavy atom. The summed E-state index contributed by atoms with van der Waals surface area (Å²) in [6, 6.07) is 9.93. The summed E-state index contributed by atoms with van der Waals surface area (Å²) < 4.78 is 30.0. The molecule has 0 unspecified atom stereocenters. The van der Waals surface area contributed by atoms with Gasteiger partial charge in [0.25, 0.3) is 11.5 Å². The smallest absolute Gasteiger partial charge is 0.269 e. The molecule has 0 bridgehead atoms. The Morgan fingerprint density at radius 3 is 2.63 bits per heavy atom. The third kappa shape index (κ3) is 4.32. The second-order valence-electron chi connectivity index (χ2n) is 8.44. The normalized spacial score (nSPS) is 14.5. The number of piperazine rings is 1. The summed E-state index contributed by atoms with van der Waals surface area (Å²) in [5.74, 6) is -1.57. The lowest BCUT2D eigenvalue weighted by atomic mass is 10.1. The lowest BCUT2D eigenvalue weighted by molar-refractivity contribution is 0.0949. The van der Waals surface area contributed by atoms with E-state index in [1.807, 2.05) is 4.90 Å². The molecule has 1 aliphatic heterocycles. The van der Waals surface area contributed by atoms with Crippen LogP contribution in [0.3, 0.4) is 0 Å². The summed E-state index contributed by atoms with van der Waals surface area (Å²) in [6.45, 7) is 4.81. The topological polar surface area (TPSA) is 94.2 Å². The summed E-state index contributed by atoms with van der Waals surface area (Å²) in [4.78, 5) is 39.0. The van der Waals surface area contributed by atoms with E-state index >= 15 is 4.39 Å². The van der Waals surface area contributed by atoms with Gasteiger partial charge in [-0.05, 0) is 31.2 Å². The molecule has 2 N–H and O–H groups in total. The quantitative estimate of drug-likeness (QED) is 0.339. The van der Waals surface area contributed by atoms with Gasteiger partial charge in [-0.25, -0.2) is 9.37 Å². The highest BCUT2D eigenvalue weighted by Crippen LogP contribution is 2.25. The van der Waals surface area contributed by atoms with Gasteiger partial charge < -0.3 is 15.2 Å². The molecule has 180 valence electrons. The maximum absolute atomic E-state index is 15.4. The number of aromatic amines is 1. The fraction of sp³-hybridized carbons (Fsp3) is 0.280. The number of hydrogen-bond donors (Lipinski definition) is 2. The maximum atomic E-state index is 15.4. The van der Waals surface area contributed by atoms with Gasteiger partial charge in [0.15, 0.2) is 5.82 Å². The van der Waals surface area contributed by atoms with Gasteiger partial charge in [0, 0.05) is 56.4 Å². The van der Waals surface area contributed by atoms with Gasteiger partial charge in [-0.1, -0.05) is 12.1 Å². The fourth-order valence-corrected chi connectivity index (χ4v) is 4.47. The predicted molar refractivity (Wildman–Crippen MR) is 130 cm³/mol. The van der Waals surface area contributed by atoms with E-state index in [4.69, 9.17) is 0 Å². The average Bonchev–Trinajstić information content (AvgIpc) is 2.87. The van der Waals surface area contributed by atoms with Gasteiger partial charge >= 0.3 is 0 Å². The van der Waals surface area contributed by atoms with Crippen molar-refractivity contribution in [2.45, 2.75) is 13.5 Å². The summed E-state index contributed by atoms with van der Waals surface area (Å²) in [6.07, 6.45) is 1.58. The minimum Gasteiger partial charge on any atom is -0.365 e. The third-order valence-corrected chi connectivity index (χ3v) is 6.27. The van der Waals surface area contributed by atoms with Crippen molar-refractivity contribution < 1.29 is 13.6 Å². The highest BCUT2D eigenvalue weighted by molar-refractivity contribution is 6.03.